The molecule has 0 fully saturated rings. The average Bonchev–Trinajstić information content (AvgIpc) is 2.67. The van der Waals surface area contributed by atoms with Crippen molar-refractivity contribution in [1.29, 1.82) is 0 Å². The van der Waals surface area contributed by atoms with Crippen LogP contribution in [0.4, 0.5) is 0 Å². The molecule has 0 aliphatic rings. The minimum atomic E-state index is 0.949. The minimum absolute atomic E-state index is 0.949. The third kappa shape index (κ3) is 2.01. The van der Waals surface area contributed by atoms with E-state index in [1.807, 2.05) is 6.07 Å². The van der Waals surface area contributed by atoms with E-state index < -0.39 is 0 Å². The predicted molar refractivity (Wildman–Crippen MR) is 62.4 cm³/mol. The molecule has 0 bridgehead atoms. The van der Waals surface area contributed by atoms with Gasteiger partial charge in [0.05, 0.1) is 0 Å². The quantitative estimate of drug-likeness (QED) is 0.699. The van der Waals surface area contributed by atoms with E-state index >= 15 is 0 Å². The third-order valence-corrected chi connectivity index (χ3v) is 3.80. The summed E-state index contributed by atoms with van der Waals surface area (Å²) in [6, 6.07) is 12.7. The summed E-state index contributed by atoms with van der Waals surface area (Å²) in [5.74, 6) is 0. The fourth-order valence-corrected chi connectivity index (χ4v) is 2.53. The first-order valence-corrected chi connectivity index (χ1v) is 6.09. The molecule has 0 atom stereocenters. The Bertz CT molecular complexity index is 378. The van der Waals surface area contributed by atoms with E-state index in [1.54, 1.807) is 11.3 Å². The van der Waals surface area contributed by atoms with Crippen LogP contribution in [0.25, 0.3) is 11.1 Å². The van der Waals surface area contributed by atoms with Crippen LogP contribution < -0.4 is 0 Å². The largest absolute Gasteiger partial charge is 0.147 e. The van der Waals surface area contributed by atoms with Gasteiger partial charge in [0.15, 0.2) is 0 Å². The first-order chi connectivity index (χ1) is 6.40. The molecule has 1 aromatic carbocycles. The standard InChI is InChI=1S/C11H9BrS/c12-7-11-6-10(8-13-11)9-4-2-1-3-5-9/h1-6,8H,7H2. The lowest BCUT2D eigenvalue weighted by Gasteiger charge is -1.94. The monoisotopic (exact) mass is 252 g/mol. The average molecular weight is 253 g/mol. The maximum atomic E-state index is 3.45. The Hall–Kier alpha value is -0.600. The fraction of sp³-hybridized carbons (Fsp3) is 0.0909. The molecule has 66 valence electrons. The molecule has 0 saturated heterocycles. The predicted octanol–water partition coefficient (Wildman–Crippen LogP) is 4.31. The molecule has 0 spiro atoms. The van der Waals surface area contributed by atoms with E-state index in [4.69, 9.17) is 0 Å². The number of alkyl halides is 1. The van der Waals surface area contributed by atoms with Crippen LogP contribution in [0.2, 0.25) is 0 Å². The van der Waals surface area contributed by atoms with Crippen molar-refractivity contribution < 1.29 is 0 Å². The smallest absolute Gasteiger partial charge is 0.0377 e. The summed E-state index contributed by atoms with van der Waals surface area (Å²) in [4.78, 5) is 1.37. The zero-order chi connectivity index (χ0) is 9.10. The molecule has 0 aliphatic carbocycles. The molecule has 0 nitrogen and oxygen atoms in total. The molecule has 2 aromatic rings. The molecular weight excluding hydrogens is 244 g/mol. The molecule has 0 N–H and O–H groups in total. The minimum Gasteiger partial charge on any atom is -0.147 e. The van der Waals surface area contributed by atoms with Crippen molar-refractivity contribution >= 4 is 27.3 Å². The van der Waals surface area contributed by atoms with Crippen LogP contribution in [-0.4, -0.2) is 0 Å². The molecule has 2 rings (SSSR count). The lowest BCUT2D eigenvalue weighted by molar-refractivity contribution is 1.57. The van der Waals surface area contributed by atoms with E-state index in [0.29, 0.717) is 0 Å². The van der Waals surface area contributed by atoms with Crippen LogP contribution in [0.1, 0.15) is 4.88 Å². The Morgan fingerprint density at radius 3 is 2.46 bits per heavy atom. The van der Waals surface area contributed by atoms with E-state index in [1.165, 1.54) is 16.0 Å². The summed E-state index contributed by atoms with van der Waals surface area (Å²) in [5, 5.41) is 3.15. The highest BCUT2D eigenvalue weighted by atomic mass is 79.9. The Balaban J connectivity index is 2.36. The zero-order valence-corrected chi connectivity index (χ0v) is 9.44. The number of halogens is 1. The Labute approximate surface area is 90.4 Å². The summed E-state index contributed by atoms with van der Waals surface area (Å²) in [6.45, 7) is 0. The van der Waals surface area contributed by atoms with Gasteiger partial charge in [0.1, 0.15) is 0 Å². The maximum absolute atomic E-state index is 3.45. The molecule has 0 saturated carbocycles. The van der Waals surface area contributed by atoms with Crippen molar-refractivity contribution in [2.24, 2.45) is 0 Å². The molecule has 0 aliphatic heterocycles. The van der Waals surface area contributed by atoms with Gasteiger partial charge in [-0.15, -0.1) is 11.3 Å². The van der Waals surface area contributed by atoms with E-state index in [-0.39, 0.29) is 0 Å². The molecule has 2 heteroatoms. The van der Waals surface area contributed by atoms with Crippen LogP contribution in [0.15, 0.2) is 41.8 Å². The highest BCUT2D eigenvalue weighted by Gasteiger charge is 1.99. The van der Waals surface area contributed by atoms with Gasteiger partial charge < -0.3 is 0 Å². The lowest BCUT2D eigenvalue weighted by Crippen LogP contribution is -1.70. The first-order valence-electron chi connectivity index (χ1n) is 4.09. The van der Waals surface area contributed by atoms with E-state index in [9.17, 15) is 0 Å². The second kappa shape index (κ2) is 4.07. The van der Waals surface area contributed by atoms with Crippen molar-refractivity contribution in [3.63, 3.8) is 0 Å². The maximum Gasteiger partial charge on any atom is 0.0377 e. The van der Waals surface area contributed by atoms with Crippen LogP contribution in [-0.2, 0) is 5.33 Å². The van der Waals surface area contributed by atoms with Gasteiger partial charge in [0.25, 0.3) is 0 Å². The van der Waals surface area contributed by atoms with Gasteiger partial charge in [-0.05, 0) is 22.6 Å². The van der Waals surface area contributed by atoms with Gasteiger partial charge in [0.2, 0.25) is 0 Å². The summed E-state index contributed by atoms with van der Waals surface area (Å²) < 4.78 is 0. The van der Waals surface area contributed by atoms with Gasteiger partial charge in [-0.25, -0.2) is 0 Å². The number of benzene rings is 1. The van der Waals surface area contributed by atoms with Crippen molar-refractivity contribution in [1.82, 2.24) is 0 Å². The van der Waals surface area contributed by atoms with Gasteiger partial charge in [-0.3, -0.25) is 0 Å². The molecule has 0 radical (unpaired) electrons. The number of thiophene rings is 1. The number of hydrogen-bond donors (Lipinski definition) is 0. The van der Waals surface area contributed by atoms with Gasteiger partial charge in [-0.2, -0.15) is 0 Å². The second-order valence-electron chi connectivity index (χ2n) is 2.80. The summed E-state index contributed by atoms with van der Waals surface area (Å²) >= 11 is 5.25. The first kappa shape index (κ1) is 8.97. The van der Waals surface area contributed by atoms with Crippen molar-refractivity contribution in [3.8, 4) is 11.1 Å². The third-order valence-electron chi connectivity index (χ3n) is 1.89. The van der Waals surface area contributed by atoms with Gasteiger partial charge >= 0.3 is 0 Å². The van der Waals surface area contributed by atoms with Crippen molar-refractivity contribution in [2.45, 2.75) is 5.33 Å². The normalized spacial score (nSPS) is 10.2. The van der Waals surface area contributed by atoms with Crippen LogP contribution in [0.3, 0.4) is 0 Å². The van der Waals surface area contributed by atoms with Crippen molar-refractivity contribution in [2.75, 3.05) is 0 Å². The fourth-order valence-electron chi connectivity index (χ4n) is 1.23. The molecule has 0 amide bonds. The number of rotatable bonds is 2. The SMILES string of the molecule is BrCc1cc(-c2ccccc2)cs1. The van der Waals surface area contributed by atoms with E-state index in [2.05, 4.69) is 51.6 Å². The summed E-state index contributed by atoms with van der Waals surface area (Å²) in [7, 11) is 0. The molecule has 1 heterocycles. The van der Waals surface area contributed by atoms with Gasteiger partial charge in [0, 0.05) is 10.2 Å². The molecule has 13 heavy (non-hydrogen) atoms. The Morgan fingerprint density at radius 1 is 1.08 bits per heavy atom. The zero-order valence-electron chi connectivity index (χ0n) is 7.03. The number of hydrogen-bond acceptors (Lipinski definition) is 1. The topological polar surface area (TPSA) is 0 Å². The molecule has 0 unspecified atom stereocenters. The highest BCUT2D eigenvalue weighted by Crippen LogP contribution is 2.26. The Morgan fingerprint density at radius 2 is 1.85 bits per heavy atom. The van der Waals surface area contributed by atoms with Crippen LogP contribution in [0.5, 0.6) is 0 Å². The van der Waals surface area contributed by atoms with Crippen LogP contribution in [0, 0.1) is 0 Å². The summed E-state index contributed by atoms with van der Waals surface area (Å²) in [5.41, 5.74) is 2.62. The second-order valence-corrected chi connectivity index (χ2v) is 4.36. The van der Waals surface area contributed by atoms with Crippen molar-refractivity contribution in [3.05, 3.63) is 46.7 Å². The Kier molecular flexibility index (Phi) is 2.81. The highest BCUT2D eigenvalue weighted by molar-refractivity contribution is 9.08. The molecule has 1 aromatic heterocycles. The molecular formula is C11H9BrS. The summed E-state index contributed by atoms with van der Waals surface area (Å²) in [6.07, 6.45) is 0. The van der Waals surface area contributed by atoms with E-state index in [0.717, 1.165) is 5.33 Å². The lowest BCUT2D eigenvalue weighted by atomic mass is 10.1. The van der Waals surface area contributed by atoms with Gasteiger partial charge in [-0.1, -0.05) is 46.3 Å². The van der Waals surface area contributed by atoms with Crippen LogP contribution >= 0.6 is 27.3 Å².